The highest BCUT2D eigenvalue weighted by atomic mass is 16.4. The number of fused-ring (bicyclic) bond motifs is 2. The normalized spacial score (nSPS) is 18.4. The van der Waals surface area contributed by atoms with Crippen molar-refractivity contribution in [2.75, 3.05) is 41.3 Å². The molecule has 4 aromatic carbocycles. The molecule has 0 bridgehead atoms. The number of amides is 2. The van der Waals surface area contributed by atoms with Crippen LogP contribution in [0.25, 0.3) is 22.2 Å². The lowest BCUT2D eigenvalue weighted by atomic mass is 10.0. The van der Waals surface area contributed by atoms with Crippen molar-refractivity contribution in [2.45, 2.75) is 49.9 Å². The molecule has 2 amide bonds. The topological polar surface area (TPSA) is 99.2 Å². The second-order valence-electron chi connectivity index (χ2n) is 14.7. The van der Waals surface area contributed by atoms with Crippen molar-refractivity contribution < 1.29 is 18.4 Å². The molecule has 2 aliphatic heterocycles. The van der Waals surface area contributed by atoms with E-state index in [1.54, 1.807) is 0 Å². The van der Waals surface area contributed by atoms with Crippen molar-refractivity contribution in [1.82, 2.24) is 29.6 Å². The first-order valence-corrected chi connectivity index (χ1v) is 18.6. The van der Waals surface area contributed by atoms with Gasteiger partial charge in [0.15, 0.2) is 11.2 Å². The molecule has 2 aliphatic rings. The van der Waals surface area contributed by atoms with Gasteiger partial charge in [-0.05, 0) is 101 Å². The number of rotatable bonds is 8. The van der Waals surface area contributed by atoms with Gasteiger partial charge in [-0.3, -0.25) is 19.4 Å². The standard InChI is InChI=1S/C44H44N6O4/c1-47(2)39(31-13-7-5-8-14-31)43(51)49-25-11-17-35(49)41-45-33-27-29(21-23-37(33)53-41)19-20-30-22-24-38-34(28-30)46-42(54-38)36-18-12-26-50(36)44(52)40(48(3)4)32-15-9-6-10-16-32/h5-10,13-16,21-24,27-28,35-36,39-40H,11-12,17-18,25-26H2,1-4H3/t35-,36-,39+,40+/m0/s1. The predicted molar refractivity (Wildman–Crippen MR) is 207 cm³/mol. The fourth-order valence-electron chi connectivity index (χ4n) is 7.96. The third-order valence-electron chi connectivity index (χ3n) is 10.5. The van der Waals surface area contributed by atoms with Gasteiger partial charge < -0.3 is 18.6 Å². The molecule has 274 valence electrons. The fraction of sp³-hybridized carbons (Fsp3) is 0.318. The minimum Gasteiger partial charge on any atom is -0.438 e. The molecule has 10 heteroatoms. The first-order chi connectivity index (χ1) is 26.2. The summed E-state index contributed by atoms with van der Waals surface area (Å²) in [6, 6.07) is 30.1. The molecular weight excluding hydrogens is 677 g/mol. The van der Waals surface area contributed by atoms with Crippen LogP contribution in [-0.4, -0.2) is 82.7 Å². The quantitative estimate of drug-likeness (QED) is 0.151. The molecule has 0 spiro atoms. The van der Waals surface area contributed by atoms with Gasteiger partial charge in [-0.2, -0.15) is 0 Å². The zero-order chi connectivity index (χ0) is 37.3. The second-order valence-corrected chi connectivity index (χ2v) is 14.7. The third-order valence-corrected chi connectivity index (χ3v) is 10.5. The number of oxazole rings is 2. The minimum absolute atomic E-state index is 0.0498. The highest BCUT2D eigenvalue weighted by molar-refractivity contribution is 5.85. The number of likely N-dealkylation sites (tertiary alicyclic amines) is 2. The van der Waals surface area contributed by atoms with Crippen LogP contribution in [-0.2, 0) is 9.59 Å². The number of nitrogens with zero attached hydrogens (tertiary/aromatic N) is 6. The van der Waals surface area contributed by atoms with Crippen molar-refractivity contribution in [3.05, 3.63) is 131 Å². The first-order valence-electron chi connectivity index (χ1n) is 18.6. The van der Waals surface area contributed by atoms with E-state index in [4.69, 9.17) is 18.8 Å². The summed E-state index contributed by atoms with van der Waals surface area (Å²) in [4.78, 5) is 45.3. The van der Waals surface area contributed by atoms with Crippen LogP contribution in [0.3, 0.4) is 0 Å². The Kier molecular flexibility index (Phi) is 9.76. The van der Waals surface area contributed by atoms with Gasteiger partial charge in [-0.15, -0.1) is 0 Å². The molecule has 10 nitrogen and oxygen atoms in total. The van der Waals surface area contributed by atoms with E-state index in [2.05, 4.69) is 11.8 Å². The molecule has 0 N–H and O–H groups in total. The molecule has 4 heterocycles. The maximum Gasteiger partial charge on any atom is 0.245 e. The van der Waals surface area contributed by atoms with Crippen molar-refractivity contribution in [3.8, 4) is 11.8 Å². The molecule has 2 saturated heterocycles. The third kappa shape index (κ3) is 6.89. The molecule has 8 rings (SSSR count). The van der Waals surface area contributed by atoms with Crippen molar-refractivity contribution in [3.63, 3.8) is 0 Å². The molecule has 0 radical (unpaired) electrons. The largest absolute Gasteiger partial charge is 0.438 e. The van der Waals surface area contributed by atoms with Gasteiger partial charge in [0.25, 0.3) is 0 Å². The lowest BCUT2D eigenvalue weighted by molar-refractivity contribution is -0.138. The Labute approximate surface area is 315 Å². The molecule has 4 atom stereocenters. The molecular formula is C44H44N6O4. The second kappa shape index (κ2) is 14.9. The highest BCUT2D eigenvalue weighted by Gasteiger charge is 2.39. The van der Waals surface area contributed by atoms with Gasteiger partial charge in [-0.25, -0.2) is 9.97 Å². The fourth-order valence-corrected chi connectivity index (χ4v) is 7.96. The van der Waals surface area contributed by atoms with E-state index in [1.165, 1.54) is 0 Å². The van der Waals surface area contributed by atoms with E-state index in [-0.39, 0.29) is 36.0 Å². The molecule has 2 aromatic heterocycles. The van der Waals surface area contributed by atoms with Crippen LogP contribution in [0, 0.1) is 11.8 Å². The van der Waals surface area contributed by atoms with E-state index < -0.39 is 0 Å². The van der Waals surface area contributed by atoms with Crippen molar-refractivity contribution in [2.24, 2.45) is 0 Å². The molecule has 6 aromatic rings. The summed E-state index contributed by atoms with van der Waals surface area (Å²) in [5, 5.41) is 0. The summed E-state index contributed by atoms with van der Waals surface area (Å²) in [5.74, 6) is 7.76. The Morgan fingerprint density at radius 2 is 1.04 bits per heavy atom. The van der Waals surface area contributed by atoms with Crippen LogP contribution in [0.1, 0.15) is 83.9 Å². The van der Waals surface area contributed by atoms with Crippen LogP contribution >= 0.6 is 0 Å². The maximum atomic E-state index is 13.9. The summed E-state index contributed by atoms with van der Waals surface area (Å²) in [6.45, 7) is 1.32. The van der Waals surface area contributed by atoms with Gasteiger partial charge >= 0.3 is 0 Å². The first kappa shape index (κ1) is 35.3. The lowest BCUT2D eigenvalue weighted by Gasteiger charge is -2.31. The van der Waals surface area contributed by atoms with Crippen LogP contribution in [0.4, 0.5) is 0 Å². The summed E-state index contributed by atoms with van der Waals surface area (Å²) in [7, 11) is 7.74. The lowest BCUT2D eigenvalue weighted by Crippen LogP contribution is -2.40. The number of hydrogen-bond donors (Lipinski definition) is 0. The summed E-state index contributed by atoms with van der Waals surface area (Å²) in [6.07, 6.45) is 3.37. The monoisotopic (exact) mass is 720 g/mol. The van der Waals surface area contributed by atoms with E-state index in [1.807, 2.05) is 145 Å². The van der Waals surface area contributed by atoms with Gasteiger partial charge in [-0.1, -0.05) is 72.5 Å². The van der Waals surface area contributed by atoms with Crippen LogP contribution in [0.2, 0.25) is 0 Å². The Hall–Kier alpha value is -5.76. The van der Waals surface area contributed by atoms with Gasteiger partial charge in [0, 0.05) is 24.2 Å². The van der Waals surface area contributed by atoms with E-state index in [0.29, 0.717) is 47.1 Å². The Morgan fingerprint density at radius 1 is 0.630 bits per heavy atom. The molecule has 54 heavy (non-hydrogen) atoms. The highest BCUT2D eigenvalue weighted by Crippen LogP contribution is 2.38. The summed E-state index contributed by atoms with van der Waals surface area (Å²) in [5.41, 5.74) is 6.27. The van der Waals surface area contributed by atoms with Crippen LogP contribution in [0.15, 0.2) is 106 Å². The van der Waals surface area contributed by atoms with Gasteiger partial charge in [0.1, 0.15) is 35.2 Å². The Bertz CT molecular complexity index is 2190. The zero-order valence-electron chi connectivity index (χ0n) is 31.1. The van der Waals surface area contributed by atoms with Gasteiger partial charge in [0.2, 0.25) is 23.6 Å². The number of likely N-dealkylation sites (N-methyl/N-ethyl adjacent to an activating group) is 2. The predicted octanol–water partition coefficient (Wildman–Crippen LogP) is 7.30. The number of carbonyl (C=O) groups is 2. The molecule has 0 aliphatic carbocycles. The van der Waals surface area contributed by atoms with E-state index in [0.717, 1.165) is 47.9 Å². The average Bonchev–Trinajstić information content (AvgIpc) is 3.99. The zero-order valence-corrected chi connectivity index (χ0v) is 31.1. The Morgan fingerprint density at radius 3 is 1.43 bits per heavy atom. The van der Waals surface area contributed by atoms with Crippen molar-refractivity contribution in [1.29, 1.82) is 0 Å². The average molecular weight is 721 g/mol. The van der Waals surface area contributed by atoms with E-state index >= 15 is 0 Å². The van der Waals surface area contributed by atoms with Gasteiger partial charge in [0.05, 0.1) is 0 Å². The summed E-state index contributed by atoms with van der Waals surface area (Å²) >= 11 is 0. The molecule has 0 unspecified atom stereocenters. The molecule has 0 saturated carbocycles. The smallest absolute Gasteiger partial charge is 0.245 e. The minimum atomic E-state index is -0.386. The molecule has 2 fully saturated rings. The Balaban J connectivity index is 0.992. The number of aromatic nitrogens is 2. The number of hydrogen-bond acceptors (Lipinski definition) is 8. The number of benzene rings is 4. The van der Waals surface area contributed by atoms with E-state index in [9.17, 15) is 9.59 Å². The number of carbonyl (C=O) groups excluding carboxylic acids is 2. The van der Waals surface area contributed by atoms with Crippen LogP contribution < -0.4 is 0 Å². The maximum absolute atomic E-state index is 13.9. The van der Waals surface area contributed by atoms with Crippen molar-refractivity contribution >= 4 is 34.0 Å². The SMILES string of the molecule is CN(C)[C@@H](C(=O)N1CCC[C@H]1c1nc2cc(C#Cc3ccc4oc([C@@H]5CCCN5C(=O)[C@@H](c5ccccc5)N(C)C)nc4c3)ccc2o1)c1ccccc1. The van der Waals surface area contributed by atoms with Crippen LogP contribution in [0.5, 0.6) is 0 Å². The summed E-state index contributed by atoms with van der Waals surface area (Å²) < 4.78 is 12.5.